The molecule has 0 radical (unpaired) electrons. The zero-order chi connectivity index (χ0) is 43.7. The lowest BCUT2D eigenvalue weighted by atomic mass is 9.78. The van der Waals surface area contributed by atoms with E-state index < -0.39 is 11.1 Å². The normalized spacial score (nSPS) is 23.6. The number of carbonyl (C=O) groups is 2. The van der Waals surface area contributed by atoms with Crippen molar-refractivity contribution in [3.8, 4) is 0 Å². The molecule has 2 saturated carbocycles. The van der Waals surface area contributed by atoms with E-state index in [9.17, 15) is 14.7 Å². The molecule has 59 heavy (non-hydrogen) atoms. The number of methoxy groups -OCH3 is 4. The number of ether oxygens (including phenoxy) is 5. The fourth-order valence-corrected chi connectivity index (χ4v) is 9.27. The van der Waals surface area contributed by atoms with Crippen LogP contribution in [-0.4, -0.2) is 78.4 Å². The topological polar surface area (TPSA) is 125 Å². The van der Waals surface area contributed by atoms with Crippen LogP contribution in [0.15, 0.2) is 35.8 Å². The van der Waals surface area contributed by atoms with Crippen LogP contribution in [0.2, 0.25) is 10.0 Å². The van der Waals surface area contributed by atoms with Crippen LogP contribution < -0.4 is 10.6 Å². The second-order valence-corrected chi connectivity index (χ2v) is 17.1. The van der Waals surface area contributed by atoms with Gasteiger partial charge in [0.1, 0.15) is 11.5 Å². The number of hydrogen-bond donors (Lipinski definition) is 3. The van der Waals surface area contributed by atoms with Gasteiger partial charge in [-0.25, -0.2) is 0 Å². The number of benzene rings is 2. The average molecular weight is 912 g/mol. The summed E-state index contributed by atoms with van der Waals surface area (Å²) in [5, 5.41) is 18.7. The number of rotatable bonds is 9. The summed E-state index contributed by atoms with van der Waals surface area (Å²) in [5.41, 5.74) is 5.54. The lowest BCUT2D eigenvalue weighted by molar-refractivity contribution is -0.117. The predicted octanol–water partition coefficient (Wildman–Crippen LogP) is 9.93. The third kappa shape index (κ3) is 10.9. The highest BCUT2D eigenvalue weighted by Crippen LogP contribution is 2.46. The first kappa shape index (κ1) is 48.7. The van der Waals surface area contributed by atoms with Gasteiger partial charge in [-0.3, -0.25) is 9.59 Å². The maximum absolute atomic E-state index is 13.3. The van der Waals surface area contributed by atoms with E-state index in [0.717, 1.165) is 97.6 Å². The number of carbonyl (C=O) groups excluding carboxylic acids is 2. The van der Waals surface area contributed by atoms with Gasteiger partial charge in [0.05, 0.1) is 48.7 Å². The number of nitrogens with one attached hydrogen (secondary N) is 2. The molecule has 0 unspecified atom stereocenters. The van der Waals surface area contributed by atoms with Crippen LogP contribution in [0.25, 0.3) is 11.1 Å². The number of hydrogen-bond acceptors (Lipinski definition) is 10. The molecule has 15 heteroatoms. The summed E-state index contributed by atoms with van der Waals surface area (Å²) in [6.07, 6.45) is 9.56. The molecule has 0 saturated heterocycles. The van der Waals surface area contributed by atoms with Gasteiger partial charge in [0, 0.05) is 36.5 Å². The molecule has 2 heterocycles. The summed E-state index contributed by atoms with van der Waals surface area (Å²) in [5.74, 6) is 0.441. The van der Waals surface area contributed by atoms with Crippen LogP contribution in [0.5, 0.6) is 0 Å². The standard InChI is InChI=1S/C22H28ClNO4S.C20H26ClNO3.C2H3ClOS/c1-5-13-11-15(23)12-14(6-2)17(13)18-19(28-21(29)27-4)22(24-20(18)25)9-7-16(26-3)8-10-22;1-4-12-10-14(21)11-13(5-2)16(12)17-18(23)20(22-19(17)24)8-6-15(25-3)7-9-20;1-4-2(3)5/h11-12,16H,5-10H2,1-4H3,(H,24,25);10-11,15,23H,4-9H2,1-3H3,(H,22,24);1H3. The minimum Gasteiger partial charge on any atom is -0.509 e. The van der Waals surface area contributed by atoms with Crippen LogP contribution in [0.4, 0.5) is 0 Å². The van der Waals surface area contributed by atoms with Gasteiger partial charge in [0.2, 0.25) is 0 Å². The summed E-state index contributed by atoms with van der Waals surface area (Å²) < 4.78 is 26.4. The number of amides is 2. The first-order valence-electron chi connectivity index (χ1n) is 20.1. The van der Waals surface area contributed by atoms with Gasteiger partial charge in [-0.15, -0.1) is 0 Å². The van der Waals surface area contributed by atoms with Crippen molar-refractivity contribution in [3.05, 3.63) is 79.2 Å². The SMILES string of the molecule is CCc1cc(Cl)cc(CC)c1C1=C(O)C2(CCC(OC)CC2)NC1=O.CCc1cc(Cl)cc(CC)c1C1=C(OC(=S)OC)C2(CCC(OC)CC2)NC1=O.COC(=S)Cl. The highest BCUT2D eigenvalue weighted by molar-refractivity contribution is 7.82. The number of aliphatic hydroxyl groups is 1. The van der Waals surface area contributed by atoms with E-state index in [-0.39, 0.29) is 39.5 Å². The molecule has 2 aliphatic carbocycles. The molecule has 0 atom stereocenters. The minimum absolute atomic E-state index is 0.00676. The maximum atomic E-state index is 13.3. The van der Waals surface area contributed by atoms with E-state index in [1.807, 2.05) is 38.1 Å². The van der Waals surface area contributed by atoms with Gasteiger partial charge in [-0.1, -0.05) is 50.9 Å². The van der Waals surface area contributed by atoms with Crippen molar-refractivity contribution in [3.63, 3.8) is 0 Å². The molecule has 2 aliphatic heterocycles. The van der Waals surface area contributed by atoms with E-state index in [2.05, 4.69) is 41.4 Å². The number of thiocarbonyl (C=S) groups is 2. The molecule has 0 aromatic heterocycles. The van der Waals surface area contributed by atoms with Gasteiger partial charge in [0.15, 0.2) is 0 Å². The smallest absolute Gasteiger partial charge is 0.357 e. The largest absolute Gasteiger partial charge is 0.509 e. The van der Waals surface area contributed by atoms with E-state index in [4.69, 9.17) is 66.0 Å². The highest BCUT2D eigenvalue weighted by Gasteiger charge is 2.51. The van der Waals surface area contributed by atoms with Crippen molar-refractivity contribution in [2.75, 3.05) is 28.4 Å². The van der Waals surface area contributed by atoms with Crippen LogP contribution in [0.1, 0.15) is 112 Å². The van der Waals surface area contributed by atoms with Crippen molar-refractivity contribution in [1.82, 2.24) is 10.6 Å². The van der Waals surface area contributed by atoms with Crippen molar-refractivity contribution >= 4 is 91.9 Å². The van der Waals surface area contributed by atoms with E-state index >= 15 is 0 Å². The van der Waals surface area contributed by atoms with Crippen molar-refractivity contribution in [2.45, 2.75) is 128 Å². The quantitative estimate of drug-likeness (QED) is 0.166. The molecule has 2 aromatic rings. The van der Waals surface area contributed by atoms with Gasteiger partial charge >= 0.3 is 5.24 Å². The number of aryl methyl sites for hydroxylation is 4. The molecule has 3 N–H and O–H groups in total. The number of aliphatic hydroxyl groups excluding tert-OH is 1. The maximum Gasteiger partial charge on any atom is 0.357 e. The Bertz CT molecular complexity index is 1900. The first-order chi connectivity index (χ1) is 28.1. The molecule has 2 amide bonds. The molecular weight excluding hydrogens is 855 g/mol. The lowest BCUT2D eigenvalue weighted by Gasteiger charge is -2.37. The molecule has 4 aliphatic rings. The average Bonchev–Trinajstić information content (AvgIpc) is 3.63. The van der Waals surface area contributed by atoms with E-state index in [0.29, 0.717) is 39.8 Å². The third-order valence-electron chi connectivity index (χ3n) is 11.8. The van der Waals surface area contributed by atoms with Gasteiger partial charge in [-0.2, -0.15) is 0 Å². The number of halogens is 3. The van der Waals surface area contributed by atoms with Gasteiger partial charge < -0.3 is 39.4 Å². The second-order valence-electron chi connectivity index (χ2n) is 15.0. The van der Waals surface area contributed by atoms with Crippen LogP contribution >= 0.6 is 59.2 Å². The third-order valence-corrected chi connectivity index (χ3v) is 12.8. The van der Waals surface area contributed by atoms with Crippen LogP contribution in [-0.2, 0) is 59.0 Å². The zero-order valence-corrected chi connectivity index (χ0v) is 39.1. The predicted molar refractivity (Wildman–Crippen MR) is 243 cm³/mol. The summed E-state index contributed by atoms with van der Waals surface area (Å²) in [4.78, 5) is 26.1. The van der Waals surface area contributed by atoms with Crippen molar-refractivity contribution < 1.29 is 38.4 Å². The first-order valence-corrected chi connectivity index (χ1v) is 22.1. The van der Waals surface area contributed by atoms with Crippen LogP contribution in [0.3, 0.4) is 0 Å². The molecule has 2 spiro atoms. The van der Waals surface area contributed by atoms with Gasteiger partial charge in [-0.05, 0) is 159 Å². The Kier molecular flexibility index (Phi) is 17.9. The second kappa shape index (κ2) is 21.7. The Labute approximate surface area is 374 Å². The Morgan fingerprint density at radius 3 is 1.39 bits per heavy atom. The Morgan fingerprint density at radius 2 is 1.03 bits per heavy atom. The molecule has 324 valence electrons. The van der Waals surface area contributed by atoms with E-state index in [1.54, 1.807) is 14.2 Å². The Hall–Kier alpha value is -2.97. The van der Waals surface area contributed by atoms with Gasteiger partial charge in [0.25, 0.3) is 16.3 Å². The molecule has 2 fully saturated rings. The molecule has 6 rings (SSSR count). The summed E-state index contributed by atoms with van der Waals surface area (Å²) in [6, 6.07) is 7.65. The Morgan fingerprint density at radius 1 is 0.678 bits per heavy atom. The fourth-order valence-electron chi connectivity index (χ4n) is 8.66. The molecular formula is C44H57Cl3N2O8S2. The lowest BCUT2D eigenvalue weighted by Crippen LogP contribution is -2.49. The summed E-state index contributed by atoms with van der Waals surface area (Å²) >= 11 is 27.0. The van der Waals surface area contributed by atoms with Crippen molar-refractivity contribution in [1.29, 1.82) is 0 Å². The van der Waals surface area contributed by atoms with Crippen LogP contribution in [0, 0.1) is 0 Å². The molecule has 2 aromatic carbocycles. The van der Waals surface area contributed by atoms with Crippen molar-refractivity contribution in [2.24, 2.45) is 0 Å². The fraction of sp³-hybridized carbons (Fsp3) is 0.545. The monoisotopic (exact) mass is 910 g/mol. The summed E-state index contributed by atoms with van der Waals surface area (Å²) in [7, 11) is 6.34. The van der Waals surface area contributed by atoms with E-state index in [1.165, 1.54) is 14.2 Å². The minimum atomic E-state index is -0.642. The zero-order valence-electron chi connectivity index (χ0n) is 35.2. The summed E-state index contributed by atoms with van der Waals surface area (Å²) in [6.45, 7) is 8.20. The molecule has 10 nitrogen and oxygen atoms in total. The Balaban J connectivity index is 0.000000236. The highest BCUT2D eigenvalue weighted by atomic mass is 35.5. The molecule has 0 bridgehead atoms.